The minimum absolute atomic E-state index is 0.0871. The summed E-state index contributed by atoms with van der Waals surface area (Å²) in [5.41, 5.74) is 8.53. The summed E-state index contributed by atoms with van der Waals surface area (Å²) in [5.74, 6) is 1.26. The second kappa shape index (κ2) is 6.14. The molecule has 1 unspecified atom stereocenters. The van der Waals surface area contributed by atoms with Gasteiger partial charge in [0.05, 0.1) is 31.6 Å². The predicted octanol–water partition coefficient (Wildman–Crippen LogP) is 2.85. The monoisotopic (exact) mass is 273 g/mol. The molecule has 2 rings (SSSR count). The molecular formula is C15H19N3O2. The molecule has 0 aliphatic carbocycles. The van der Waals surface area contributed by atoms with E-state index in [0.29, 0.717) is 17.2 Å². The fourth-order valence-electron chi connectivity index (χ4n) is 1.97. The minimum atomic E-state index is 0.0871. The molecule has 1 aromatic heterocycles. The molecule has 0 aliphatic heterocycles. The van der Waals surface area contributed by atoms with E-state index in [4.69, 9.17) is 15.2 Å². The summed E-state index contributed by atoms with van der Waals surface area (Å²) in [7, 11) is 3.19. The molecule has 20 heavy (non-hydrogen) atoms. The molecule has 0 fully saturated rings. The number of ether oxygens (including phenoxy) is 2. The molecule has 0 amide bonds. The largest absolute Gasteiger partial charge is 0.493 e. The Morgan fingerprint density at radius 2 is 1.90 bits per heavy atom. The number of pyridine rings is 1. The first-order valence-corrected chi connectivity index (χ1v) is 6.33. The zero-order valence-electron chi connectivity index (χ0n) is 11.9. The lowest BCUT2D eigenvalue weighted by Crippen LogP contribution is -2.09. The van der Waals surface area contributed by atoms with E-state index >= 15 is 0 Å². The first-order valence-electron chi connectivity index (χ1n) is 6.33. The van der Waals surface area contributed by atoms with Gasteiger partial charge in [0.1, 0.15) is 0 Å². The molecule has 1 atom stereocenters. The van der Waals surface area contributed by atoms with Gasteiger partial charge < -0.3 is 20.5 Å². The maximum Gasteiger partial charge on any atom is 0.162 e. The Bertz CT molecular complexity index is 573. The summed E-state index contributed by atoms with van der Waals surface area (Å²) in [4.78, 5) is 4.11. The molecule has 0 spiro atoms. The molecule has 106 valence electrons. The minimum Gasteiger partial charge on any atom is -0.493 e. The second-order valence-electron chi connectivity index (χ2n) is 4.45. The van der Waals surface area contributed by atoms with Crippen LogP contribution in [0.15, 0.2) is 36.7 Å². The van der Waals surface area contributed by atoms with Crippen molar-refractivity contribution in [3.8, 4) is 11.5 Å². The average molecular weight is 273 g/mol. The zero-order valence-corrected chi connectivity index (χ0v) is 11.9. The van der Waals surface area contributed by atoms with Crippen LogP contribution in [-0.4, -0.2) is 19.2 Å². The van der Waals surface area contributed by atoms with Crippen molar-refractivity contribution in [1.29, 1.82) is 0 Å². The van der Waals surface area contributed by atoms with Crippen LogP contribution in [0, 0.1) is 0 Å². The lowest BCUT2D eigenvalue weighted by atomic mass is 10.1. The van der Waals surface area contributed by atoms with Crippen molar-refractivity contribution >= 4 is 11.4 Å². The number of hydrogen-bond donors (Lipinski definition) is 2. The molecule has 0 saturated heterocycles. The van der Waals surface area contributed by atoms with Crippen molar-refractivity contribution < 1.29 is 9.47 Å². The van der Waals surface area contributed by atoms with Crippen molar-refractivity contribution in [2.24, 2.45) is 0 Å². The molecule has 0 saturated carbocycles. The quantitative estimate of drug-likeness (QED) is 0.820. The van der Waals surface area contributed by atoms with Crippen LogP contribution in [-0.2, 0) is 0 Å². The van der Waals surface area contributed by atoms with Gasteiger partial charge in [0.2, 0.25) is 0 Å². The van der Waals surface area contributed by atoms with Gasteiger partial charge in [-0.25, -0.2) is 0 Å². The van der Waals surface area contributed by atoms with Crippen LogP contribution >= 0.6 is 0 Å². The summed E-state index contributed by atoms with van der Waals surface area (Å²) in [5, 5.41) is 3.35. The zero-order chi connectivity index (χ0) is 14.5. The van der Waals surface area contributed by atoms with Gasteiger partial charge >= 0.3 is 0 Å². The van der Waals surface area contributed by atoms with Crippen LogP contribution in [0.4, 0.5) is 11.4 Å². The predicted molar refractivity (Wildman–Crippen MR) is 80.2 cm³/mol. The molecule has 0 radical (unpaired) electrons. The third-order valence-electron chi connectivity index (χ3n) is 3.11. The van der Waals surface area contributed by atoms with Crippen LogP contribution in [0.1, 0.15) is 18.5 Å². The van der Waals surface area contributed by atoms with Crippen molar-refractivity contribution in [1.82, 2.24) is 4.98 Å². The molecular weight excluding hydrogens is 254 g/mol. The Kier molecular flexibility index (Phi) is 4.30. The number of nitrogens with one attached hydrogen (secondary N) is 1. The van der Waals surface area contributed by atoms with Gasteiger partial charge in [-0.1, -0.05) is 6.07 Å². The molecule has 5 heteroatoms. The van der Waals surface area contributed by atoms with Gasteiger partial charge in [-0.3, -0.25) is 4.98 Å². The highest BCUT2D eigenvalue weighted by Crippen LogP contribution is 2.36. The molecule has 0 bridgehead atoms. The van der Waals surface area contributed by atoms with E-state index in [9.17, 15) is 0 Å². The summed E-state index contributed by atoms with van der Waals surface area (Å²) >= 11 is 0. The molecule has 1 heterocycles. The Balaban J connectivity index is 2.25. The van der Waals surface area contributed by atoms with Crippen LogP contribution in [0.2, 0.25) is 0 Å². The van der Waals surface area contributed by atoms with Gasteiger partial charge in [-0.2, -0.15) is 0 Å². The topological polar surface area (TPSA) is 69.4 Å². The number of nitrogen functional groups attached to an aromatic ring is 1. The number of benzene rings is 1. The fraction of sp³-hybridized carbons (Fsp3) is 0.267. The Hall–Kier alpha value is -2.43. The van der Waals surface area contributed by atoms with Crippen LogP contribution in [0.3, 0.4) is 0 Å². The van der Waals surface area contributed by atoms with Crippen LogP contribution in [0.25, 0.3) is 0 Å². The van der Waals surface area contributed by atoms with Crippen molar-refractivity contribution in [2.75, 3.05) is 25.3 Å². The van der Waals surface area contributed by atoms with E-state index in [-0.39, 0.29) is 6.04 Å². The maximum absolute atomic E-state index is 6.03. The number of methoxy groups -OCH3 is 2. The van der Waals surface area contributed by atoms with Crippen molar-refractivity contribution in [3.05, 3.63) is 42.2 Å². The van der Waals surface area contributed by atoms with E-state index in [1.165, 1.54) is 0 Å². The smallest absolute Gasteiger partial charge is 0.162 e. The van der Waals surface area contributed by atoms with Gasteiger partial charge in [-0.05, 0) is 18.6 Å². The number of hydrogen-bond acceptors (Lipinski definition) is 5. The summed E-state index contributed by atoms with van der Waals surface area (Å²) in [6.07, 6.45) is 3.58. The first-order chi connectivity index (χ1) is 9.65. The highest BCUT2D eigenvalue weighted by atomic mass is 16.5. The summed E-state index contributed by atoms with van der Waals surface area (Å²) < 4.78 is 10.5. The summed E-state index contributed by atoms with van der Waals surface area (Å²) in [6, 6.07) is 7.59. The Labute approximate surface area is 118 Å². The SMILES string of the molecule is COc1cc(N)c(NC(C)c2cccnc2)cc1OC. The Morgan fingerprint density at radius 1 is 1.20 bits per heavy atom. The second-order valence-corrected chi connectivity index (χ2v) is 4.45. The number of nitrogens with zero attached hydrogens (tertiary/aromatic N) is 1. The third-order valence-corrected chi connectivity index (χ3v) is 3.11. The fourth-order valence-corrected chi connectivity index (χ4v) is 1.97. The maximum atomic E-state index is 6.03. The van der Waals surface area contributed by atoms with E-state index in [0.717, 1.165) is 11.3 Å². The van der Waals surface area contributed by atoms with Gasteiger partial charge in [0, 0.05) is 24.5 Å². The third kappa shape index (κ3) is 2.93. The van der Waals surface area contributed by atoms with Crippen molar-refractivity contribution in [3.63, 3.8) is 0 Å². The van der Waals surface area contributed by atoms with Gasteiger partial charge in [0.25, 0.3) is 0 Å². The number of aromatic nitrogens is 1. The van der Waals surface area contributed by atoms with Gasteiger partial charge in [0.15, 0.2) is 11.5 Å². The molecule has 3 N–H and O–H groups in total. The normalized spacial score (nSPS) is 11.8. The molecule has 0 aliphatic rings. The molecule has 1 aromatic carbocycles. The number of anilines is 2. The molecule has 5 nitrogen and oxygen atoms in total. The molecule has 2 aromatic rings. The van der Waals surface area contributed by atoms with Crippen molar-refractivity contribution in [2.45, 2.75) is 13.0 Å². The summed E-state index contributed by atoms with van der Waals surface area (Å²) in [6.45, 7) is 2.05. The van der Waals surface area contributed by atoms with E-state index < -0.39 is 0 Å². The first kappa shape index (κ1) is 14.0. The standard InChI is InChI=1S/C15H19N3O2/c1-10(11-5-4-6-17-9-11)18-13-8-15(20-3)14(19-2)7-12(13)16/h4-10,18H,16H2,1-3H3. The lowest BCUT2D eigenvalue weighted by Gasteiger charge is -2.18. The van der Waals surface area contributed by atoms with E-state index in [1.54, 1.807) is 26.5 Å². The van der Waals surface area contributed by atoms with Crippen LogP contribution < -0.4 is 20.5 Å². The number of nitrogens with two attached hydrogens (primary N) is 1. The number of rotatable bonds is 5. The van der Waals surface area contributed by atoms with E-state index in [1.807, 2.05) is 31.3 Å². The highest BCUT2D eigenvalue weighted by Gasteiger charge is 2.12. The van der Waals surface area contributed by atoms with E-state index in [2.05, 4.69) is 10.3 Å². The lowest BCUT2D eigenvalue weighted by molar-refractivity contribution is 0.355. The van der Waals surface area contributed by atoms with Gasteiger partial charge in [-0.15, -0.1) is 0 Å². The highest BCUT2D eigenvalue weighted by molar-refractivity contribution is 5.72. The average Bonchev–Trinajstić information content (AvgIpc) is 2.49. The Morgan fingerprint density at radius 3 is 2.50 bits per heavy atom. The van der Waals surface area contributed by atoms with Crippen LogP contribution in [0.5, 0.6) is 11.5 Å².